The van der Waals surface area contributed by atoms with E-state index in [0.717, 1.165) is 42.1 Å². The Bertz CT molecular complexity index is 597. The molecule has 2 rings (SSSR count). The number of rotatable bonds is 7. The predicted octanol–water partition coefficient (Wildman–Crippen LogP) is 4.47. The first-order valence-corrected chi connectivity index (χ1v) is 8.55. The molecule has 0 atom stereocenters. The summed E-state index contributed by atoms with van der Waals surface area (Å²) in [5.41, 5.74) is 2.50. The molecule has 0 aliphatic heterocycles. The van der Waals surface area contributed by atoms with Crippen molar-refractivity contribution in [3.63, 3.8) is 0 Å². The zero-order valence-corrected chi connectivity index (χ0v) is 13.6. The van der Waals surface area contributed by atoms with Crippen LogP contribution in [0, 0.1) is 0 Å². The normalized spacial score (nSPS) is 10.6. The molecule has 21 heavy (non-hydrogen) atoms. The Morgan fingerprint density at radius 2 is 2.24 bits per heavy atom. The highest BCUT2D eigenvalue weighted by Gasteiger charge is 2.09. The van der Waals surface area contributed by atoms with Gasteiger partial charge < -0.3 is 5.32 Å². The minimum atomic E-state index is -0.0259. The Kier molecular flexibility index (Phi) is 6.21. The Morgan fingerprint density at radius 1 is 1.38 bits per heavy atom. The van der Waals surface area contributed by atoms with Crippen molar-refractivity contribution in [3.8, 4) is 10.6 Å². The lowest BCUT2D eigenvalue weighted by Crippen LogP contribution is -2.24. The highest BCUT2D eigenvalue weighted by atomic mass is 35.5. The summed E-state index contributed by atoms with van der Waals surface area (Å²) >= 11 is 7.32. The summed E-state index contributed by atoms with van der Waals surface area (Å²) in [6, 6.07) is 7.56. The van der Waals surface area contributed by atoms with Gasteiger partial charge in [-0.3, -0.25) is 4.79 Å². The fourth-order valence-corrected chi connectivity index (χ4v) is 3.02. The van der Waals surface area contributed by atoms with E-state index in [4.69, 9.17) is 11.6 Å². The summed E-state index contributed by atoms with van der Waals surface area (Å²) in [4.78, 5) is 16.5. The fourth-order valence-electron chi connectivity index (χ4n) is 1.97. The number of hydrogen-bond donors (Lipinski definition) is 1. The van der Waals surface area contributed by atoms with Crippen molar-refractivity contribution in [2.24, 2.45) is 0 Å². The number of nitrogens with zero attached hydrogens (tertiary/aromatic N) is 1. The number of carbonyl (C=O) groups excluding carboxylic acids is 1. The monoisotopic (exact) mass is 322 g/mol. The van der Waals surface area contributed by atoms with Gasteiger partial charge in [-0.25, -0.2) is 4.98 Å². The number of thiazole rings is 1. The minimum Gasteiger partial charge on any atom is -0.352 e. The molecule has 1 N–H and O–H groups in total. The van der Waals surface area contributed by atoms with Gasteiger partial charge in [0.25, 0.3) is 5.91 Å². The van der Waals surface area contributed by atoms with E-state index in [0.29, 0.717) is 11.4 Å². The molecule has 0 saturated carbocycles. The molecule has 0 radical (unpaired) electrons. The van der Waals surface area contributed by atoms with Gasteiger partial charge in [-0.05, 0) is 18.6 Å². The largest absolute Gasteiger partial charge is 0.352 e. The highest BCUT2D eigenvalue weighted by Crippen LogP contribution is 2.25. The molecular weight excluding hydrogens is 304 g/mol. The maximum absolute atomic E-state index is 12.1. The van der Waals surface area contributed by atoms with Gasteiger partial charge in [0.05, 0.1) is 11.6 Å². The van der Waals surface area contributed by atoms with Gasteiger partial charge in [-0.15, -0.1) is 22.9 Å². The summed E-state index contributed by atoms with van der Waals surface area (Å²) in [7, 11) is 0. The molecule has 1 heterocycles. The molecule has 1 amide bonds. The summed E-state index contributed by atoms with van der Waals surface area (Å²) in [5.74, 6) is 0.385. The van der Waals surface area contributed by atoms with Gasteiger partial charge in [0, 0.05) is 23.1 Å². The van der Waals surface area contributed by atoms with Crippen LogP contribution >= 0.6 is 22.9 Å². The zero-order chi connectivity index (χ0) is 15.1. The maximum Gasteiger partial charge on any atom is 0.251 e. The molecule has 2 aromatic rings. The maximum atomic E-state index is 12.1. The number of halogens is 1. The minimum absolute atomic E-state index is 0.0259. The Morgan fingerprint density at radius 3 is 2.95 bits per heavy atom. The standard InChI is InChI=1S/C16H19ClN2OS/c1-2-3-4-8-18-15(20)12-6-5-7-13(9-12)16-19-14(10-17)11-21-16/h5-7,9,11H,2-4,8,10H2,1H3,(H,18,20). The highest BCUT2D eigenvalue weighted by molar-refractivity contribution is 7.13. The number of carbonyl (C=O) groups is 1. The molecule has 3 nitrogen and oxygen atoms in total. The molecule has 112 valence electrons. The van der Waals surface area contributed by atoms with Crippen molar-refractivity contribution in [2.75, 3.05) is 6.54 Å². The summed E-state index contributed by atoms with van der Waals surface area (Å²) < 4.78 is 0. The second-order valence-corrected chi connectivity index (χ2v) is 5.95. The van der Waals surface area contributed by atoms with Crippen LogP contribution in [0.1, 0.15) is 42.2 Å². The number of benzene rings is 1. The van der Waals surface area contributed by atoms with Crippen LogP contribution in [-0.2, 0) is 5.88 Å². The van der Waals surface area contributed by atoms with E-state index in [2.05, 4.69) is 17.2 Å². The quantitative estimate of drug-likeness (QED) is 0.603. The van der Waals surface area contributed by atoms with Gasteiger partial charge in [0.2, 0.25) is 0 Å². The topological polar surface area (TPSA) is 42.0 Å². The lowest BCUT2D eigenvalue weighted by molar-refractivity contribution is 0.0953. The van der Waals surface area contributed by atoms with Gasteiger partial charge >= 0.3 is 0 Å². The molecule has 0 aliphatic rings. The van der Waals surface area contributed by atoms with Crippen molar-refractivity contribution in [1.82, 2.24) is 10.3 Å². The van der Waals surface area contributed by atoms with Crippen molar-refractivity contribution < 1.29 is 4.79 Å². The lowest BCUT2D eigenvalue weighted by Gasteiger charge is -2.05. The Hall–Kier alpha value is -1.39. The van der Waals surface area contributed by atoms with Gasteiger partial charge in [0.15, 0.2) is 0 Å². The number of nitrogens with one attached hydrogen (secondary N) is 1. The van der Waals surface area contributed by atoms with Crippen LogP contribution in [0.3, 0.4) is 0 Å². The molecule has 0 aliphatic carbocycles. The molecule has 5 heteroatoms. The number of unbranched alkanes of at least 4 members (excludes halogenated alkanes) is 2. The summed E-state index contributed by atoms with van der Waals surface area (Å²) in [6.45, 7) is 2.87. The van der Waals surface area contributed by atoms with Crippen LogP contribution in [0.5, 0.6) is 0 Å². The van der Waals surface area contributed by atoms with Crippen LogP contribution in [0.15, 0.2) is 29.6 Å². The molecule has 1 aromatic heterocycles. The van der Waals surface area contributed by atoms with Crippen molar-refractivity contribution in [3.05, 3.63) is 40.9 Å². The third-order valence-corrected chi connectivity index (χ3v) is 4.34. The van der Waals surface area contributed by atoms with Gasteiger partial charge in [0.1, 0.15) is 5.01 Å². The summed E-state index contributed by atoms with van der Waals surface area (Å²) in [5, 5.41) is 5.79. The number of aromatic nitrogens is 1. The first kappa shape index (κ1) is 16.0. The first-order valence-electron chi connectivity index (χ1n) is 7.13. The third kappa shape index (κ3) is 4.55. The number of amides is 1. The smallest absolute Gasteiger partial charge is 0.251 e. The van der Waals surface area contributed by atoms with Gasteiger partial charge in [-0.2, -0.15) is 0 Å². The Labute approximate surface area is 134 Å². The molecular formula is C16H19ClN2OS. The van der Waals surface area contributed by atoms with Crippen molar-refractivity contribution >= 4 is 28.8 Å². The molecule has 0 fully saturated rings. The van der Waals surface area contributed by atoms with E-state index in [9.17, 15) is 4.79 Å². The van der Waals surface area contributed by atoms with E-state index in [1.807, 2.05) is 29.6 Å². The molecule has 0 spiro atoms. The van der Waals surface area contributed by atoms with Crippen LogP contribution in [-0.4, -0.2) is 17.4 Å². The Balaban J connectivity index is 2.05. The van der Waals surface area contributed by atoms with Crippen molar-refractivity contribution in [1.29, 1.82) is 0 Å². The second kappa shape index (κ2) is 8.15. The average Bonchev–Trinajstić information content (AvgIpc) is 3.00. The fraction of sp³-hybridized carbons (Fsp3) is 0.375. The number of hydrogen-bond acceptors (Lipinski definition) is 3. The van der Waals surface area contributed by atoms with E-state index in [1.165, 1.54) is 0 Å². The SMILES string of the molecule is CCCCCNC(=O)c1cccc(-c2nc(CCl)cs2)c1. The first-order chi connectivity index (χ1) is 10.2. The molecule has 0 bridgehead atoms. The molecule has 0 unspecified atom stereocenters. The van der Waals surface area contributed by atoms with Crippen LogP contribution in [0.2, 0.25) is 0 Å². The van der Waals surface area contributed by atoms with E-state index in [-0.39, 0.29) is 5.91 Å². The molecule has 1 aromatic carbocycles. The van der Waals surface area contributed by atoms with Crippen LogP contribution in [0.25, 0.3) is 10.6 Å². The van der Waals surface area contributed by atoms with Crippen molar-refractivity contribution in [2.45, 2.75) is 32.1 Å². The van der Waals surface area contributed by atoms with Gasteiger partial charge in [-0.1, -0.05) is 31.9 Å². The summed E-state index contributed by atoms with van der Waals surface area (Å²) in [6.07, 6.45) is 3.31. The second-order valence-electron chi connectivity index (χ2n) is 4.82. The predicted molar refractivity (Wildman–Crippen MR) is 89.0 cm³/mol. The van der Waals surface area contributed by atoms with Crippen LogP contribution < -0.4 is 5.32 Å². The third-order valence-electron chi connectivity index (χ3n) is 3.13. The van der Waals surface area contributed by atoms with Crippen LogP contribution in [0.4, 0.5) is 0 Å². The lowest BCUT2D eigenvalue weighted by atomic mass is 10.1. The van der Waals surface area contributed by atoms with E-state index in [1.54, 1.807) is 11.3 Å². The number of alkyl halides is 1. The molecule has 0 saturated heterocycles. The average molecular weight is 323 g/mol. The van der Waals surface area contributed by atoms with E-state index < -0.39 is 0 Å². The zero-order valence-electron chi connectivity index (χ0n) is 12.1. The van der Waals surface area contributed by atoms with E-state index >= 15 is 0 Å².